The van der Waals surface area contributed by atoms with E-state index < -0.39 is 9.04 Å². The standard InChI is InChI=1S/C11H17ClOSi/c1-14(2)13-8-7-10-3-5-11(9-12)6-4-10/h3-6,14H,7-9H2,1-2H3. The van der Waals surface area contributed by atoms with Crippen molar-refractivity contribution in [1.82, 2.24) is 0 Å². The molecule has 14 heavy (non-hydrogen) atoms. The van der Waals surface area contributed by atoms with E-state index in [0.717, 1.165) is 13.0 Å². The molecule has 0 bridgehead atoms. The molecule has 1 aromatic carbocycles. The number of halogens is 1. The number of alkyl halides is 1. The highest BCUT2D eigenvalue weighted by Gasteiger charge is 1.97. The van der Waals surface area contributed by atoms with Gasteiger partial charge in [0.2, 0.25) is 0 Å². The van der Waals surface area contributed by atoms with Crippen LogP contribution in [0.1, 0.15) is 11.1 Å². The average Bonchev–Trinajstić information content (AvgIpc) is 2.18. The lowest BCUT2D eigenvalue weighted by atomic mass is 10.1. The molecular formula is C11H17ClOSi. The second-order valence-electron chi connectivity index (χ2n) is 3.62. The summed E-state index contributed by atoms with van der Waals surface area (Å²) in [5.41, 5.74) is 2.50. The van der Waals surface area contributed by atoms with E-state index in [1.165, 1.54) is 11.1 Å². The normalized spacial score (nSPS) is 10.9. The molecule has 0 aromatic heterocycles. The van der Waals surface area contributed by atoms with Crippen LogP contribution in [0.25, 0.3) is 0 Å². The van der Waals surface area contributed by atoms with Crippen LogP contribution in [0.2, 0.25) is 13.1 Å². The van der Waals surface area contributed by atoms with Crippen molar-refractivity contribution in [2.45, 2.75) is 25.4 Å². The molecule has 0 saturated carbocycles. The highest BCUT2D eigenvalue weighted by atomic mass is 35.5. The fourth-order valence-corrected chi connectivity index (χ4v) is 1.97. The predicted molar refractivity (Wildman–Crippen MR) is 64.5 cm³/mol. The summed E-state index contributed by atoms with van der Waals surface area (Å²) >= 11 is 5.71. The maximum Gasteiger partial charge on any atom is 0.170 e. The molecule has 0 atom stereocenters. The quantitative estimate of drug-likeness (QED) is 0.556. The van der Waals surface area contributed by atoms with Crippen molar-refractivity contribution in [3.05, 3.63) is 35.4 Å². The zero-order valence-corrected chi connectivity index (χ0v) is 10.7. The van der Waals surface area contributed by atoms with Crippen LogP contribution < -0.4 is 0 Å². The first-order valence-electron chi connectivity index (χ1n) is 4.97. The Morgan fingerprint density at radius 3 is 2.21 bits per heavy atom. The van der Waals surface area contributed by atoms with Gasteiger partial charge in [0.1, 0.15) is 0 Å². The summed E-state index contributed by atoms with van der Waals surface area (Å²) in [6.45, 7) is 5.23. The van der Waals surface area contributed by atoms with Crippen molar-refractivity contribution in [2.24, 2.45) is 0 Å². The topological polar surface area (TPSA) is 9.23 Å². The largest absolute Gasteiger partial charge is 0.420 e. The van der Waals surface area contributed by atoms with E-state index in [9.17, 15) is 0 Å². The molecule has 1 rings (SSSR count). The maximum absolute atomic E-state index is 5.71. The second kappa shape index (κ2) is 6.22. The lowest BCUT2D eigenvalue weighted by molar-refractivity contribution is 0.331. The highest BCUT2D eigenvalue weighted by Crippen LogP contribution is 2.07. The minimum atomic E-state index is -0.849. The third kappa shape index (κ3) is 4.27. The van der Waals surface area contributed by atoms with Crippen LogP contribution in [-0.2, 0) is 16.7 Å². The third-order valence-corrected chi connectivity index (χ3v) is 3.23. The molecule has 0 fully saturated rings. The summed E-state index contributed by atoms with van der Waals surface area (Å²) in [5.74, 6) is 0.593. The molecule has 0 aliphatic heterocycles. The molecular weight excluding hydrogens is 212 g/mol. The summed E-state index contributed by atoms with van der Waals surface area (Å²) in [5, 5.41) is 0. The summed E-state index contributed by atoms with van der Waals surface area (Å²) in [6.07, 6.45) is 1.01. The van der Waals surface area contributed by atoms with Crippen molar-refractivity contribution < 1.29 is 4.43 Å². The Hall–Kier alpha value is -0.313. The van der Waals surface area contributed by atoms with E-state index in [1.54, 1.807) is 0 Å². The monoisotopic (exact) mass is 228 g/mol. The van der Waals surface area contributed by atoms with E-state index in [2.05, 4.69) is 37.4 Å². The Kier molecular flexibility index (Phi) is 5.23. The minimum absolute atomic E-state index is 0.593. The smallest absolute Gasteiger partial charge is 0.170 e. The van der Waals surface area contributed by atoms with Gasteiger partial charge in [0, 0.05) is 12.5 Å². The molecule has 0 aliphatic carbocycles. The fourth-order valence-electron chi connectivity index (χ4n) is 1.21. The van der Waals surface area contributed by atoms with Gasteiger partial charge in [-0.3, -0.25) is 0 Å². The zero-order chi connectivity index (χ0) is 10.4. The first kappa shape index (κ1) is 11.8. The third-order valence-electron chi connectivity index (χ3n) is 2.02. The first-order valence-corrected chi connectivity index (χ1v) is 8.29. The van der Waals surface area contributed by atoms with Gasteiger partial charge in [-0.2, -0.15) is 0 Å². The molecule has 1 nitrogen and oxygen atoms in total. The van der Waals surface area contributed by atoms with Gasteiger partial charge in [0.25, 0.3) is 0 Å². The summed E-state index contributed by atoms with van der Waals surface area (Å²) in [4.78, 5) is 0. The molecule has 1 aromatic rings. The van der Waals surface area contributed by atoms with Crippen molar-refractivity contribution in [1.29, 1.82) is 0 Å². The number of hydrogen-bond donors (Lipinski definition) is 0. The van der Waals surface area contributed by atoms with Gasteiger partial charge in [-0.1, -0.05) is 24.3 Å². The number of hydrogen-bond acceptors (Lipinski definition) is 1. The van der Waals surface area contributed by atoms with E-state index in [4.69, 9.17) is 16.0 Å². The molecule has 0 heterocycles. The van der Waals surface area contributed by atoms with Crippen LogP contribution in [0.3, 0.4) is 0 Å². The van der Waals surface area contributed by atoms with Crippen molar-refractivity contribution in [3.63, 3.8) is 0 Å². The summed E-state index contributed by atoms with van der Waals surface area (Å²) in [7, 11) is -0.849. The lowest BCUT2D eigenvalue weighted by Gasteiger charge is -2.06. The van der Waals surface area contributed by atoms with Gasteiger partial charge in [-0.25, -0.2) is 0 Å². The Balaban J connectivity index is 2.36. The SMILES string of the molecule is C[SiH](C)OCCc1ccc(CCl)cc1. The van der Waals surface area contributed by atoms with Crippen LogP contribution in [0.15, 0.2) is 24.3 Å². The van der Waals surface area contributed by atoms with Crippen LogP contribution in [0.4, 0.5) is 0 Å². The molecule has 3 heteroatoms. The van der Waals surface area contributed by atoms with Gasteiger partial charge in [-0.15, -0.1) is 11.6 Å². The first-order chi connectivity index (χ1) is 6.72. The molecule has 0 aliphatic rings. The predicted octanol–water partition coefficient (Wildman–Crippen LogP) is 2.97. The Morgan fingerprint density at radius 1 is 1.14 bits per heavy atom. The summed E-state index contributed by atoms with van der Waals surface area (Å²) < 4.78 is 5.62. The van der Waals surface area contributed by atoms with E-state index >= 15 is 0 Å². The Morgan fingerprint density at radius 2 is 1.71 bits per heavy atom. The molecule has 0 amide bonds. The highest BCUT2D eigenvalue weighted by molar-refractivity contribution is 6.48. The second-order valence-corrected chi connectivity index (χ2v) is 6.32. The fraction of sp³-hybridized carbons (Fsp3) is 0.455. The van der Waals surface area contributed by atoms with E-state index in [1.807, 2.05) is 0 Å². The maximum atomic E-state index is 5.71. The number of rotatable bonds is 5. The molecule has 0 unspecified atom stereocenters. The zero-order valence-electron chi connectivity index (χ0n) is 8.79. The summed E-state index contributed by atoms with van der Waals surface area (Å²) in [6, 6.07) is 8.41. The molecule has 78 valence electrons. The molecule has 0 N–H and O–H groups in total. The van der Waals surface area contributed by atoms with Crippen molar-refractivity contribution in [2.75, 3.05) is 6.61 Å². The Labute approximate surface area is 92.8 Å². The van der Waals surface area contributed by atoms with E-state index in [-0.39, 0.29) is 0 Å². The van der Waals surface area contributed by atoms with Crippen LogP contribution in [0.5, 0.6) is 0 Å². The lowest BCUT2D eigenvalue weighted by Crippen LogP contribution is -2.10. The van der Waals surface area contributed by atoms with Gasteiger partial charge >= 0.3 is 0 Å². The van der Waals surface area contributed by atoms with Crippen molar-refractivity contribution >= 4 is 20.6 Å². The number of benzene rings is 1. The molecule has 0 spiro atoms. The molecule has 0 saturated heterocycles. The average molecular weight is 229 g/mol. The van der Waals surface area contributed by atoms with Gasteiger partial charge in [0.15, 0.2) is 9.04 Å². The van der Waals surface area contributed by atoms with Crippen LogP contribution in [0, 0.1) is 0 Å². The van der Waals surface area contributed by atoms with Crippen LogP contribution in [-0.4, -0.2) is 15.6 Å². The van der Waals surface area contributed by atoms with Gasteiger partial charge < -0.3 is 4.43 Å². The molecule has 0 radical (unpaired) electrons. The van der Waals surface area contributed by atoms with Crippen molar-refractivity contribution in [3.8, 4) is 0 Å². The Bertz CT molecular complexity index is 258. The van der Waals surface area contributed by atoms with Crippen LogP contribution >= 0.6 is 11.6 Å². The van der Waals surface area contributed by atoms with Gasteiger partial charge in [-0.05, 0) is 30.6 Å². The van der Waals surface area contributed by atoms with Gasteiger partial charge in [0.05, 0.1) is 0 Å². The van der Waals surface area contributed by atoms with E-state index in [0.29, 0.717) is 5.88 Å². The minimum Gasteiger partial charge on any atom is -0.420 e.